The van der Waals surface area contributed by atoms with E-state index >= 15 is 0 Å². The Labute approximate surface area is 101 Å². The first-order valence-corrected chi connectivity index (χ1v) is 7.10. The van der Waals surface area contributed by atoms with Gasteiger partial charge >= 0.3 is 0 Å². The van der Waals surface area contributed by atoms with Crippen molar-refractivity contribution >= 4 is 0 Å². The maximum atomic E-state index is 3.76. The van der Waals surface area contributed by atoms with Crippen LogP contribution >= 0.6 is 0 Å². The topological polar surface area (TPSA) is 24.1 Å². The molecule has 16 heavy (non-hydrogen) atoms. The summed E-state index contributed by atoms with van der Waals surface area (Å²) in [6.07, 6.45) is 8.41. The molecule has 2 heteroatoms. The molecule has 0 aromatic heterocycles. The minimum Gasteiger partial charge on any atom is -0.315 e. The van der Waals surface area contributed by atoms with Crippen molar-refractivity contribution in [1.29, 1.82) is 0 Å². The highest BCUT2D eigenvalue weighted by molar-refractivity contribution is 4.81. The highest BCUT2D eigenvalue weighted by Gasteiger charge is 2.27. The van der Waals surface area contributed by atoms with Gasteiger partial charge in [0, 0.05) is 12.6 Å². The molecular formula is C14H28N2. The molecule has 0 spiro atoms. The highest BCUT2D eigenvalue weighted by atomic mass is 15.0. The molecule has 2 rings (SSSR count). The molecule has 94 valence electrons. The van der Waals surface area contributed by atoms with E-state index < -0.39 is 0 Å². The lowest BCUT2D eigenvalue weighted by molar-refractivity contribution is 0.184. The summed E-state index contributed by atoms with van der Waals surface area (Å²) in [6, 6.07) is 0.740. The summed E-state index contributed by atoms with van der Waals surface area (Å²) < 4.78 is 0. The van der Waals surface area contributed by atoms with Crippen LogP contribution in [0.1, 0.15) is 52.4 Å². The average molecular weight is 224 g/mol. The standard InChI is InChI=1S/C14H28N2/c1-14(2)7-5-12(6-8-14)10-16-13-4-3-9-15-11-13/h12-13,15-16H,3-11H2,1-2H3. The molecular weight excluding hydrogens is 196 g/mol. The molecule has 1 saturated carbocycles. The Morgan fingerprint density at radius 3 is 2.56 bits per heavy atom. The summed E-state index contributed by atoms with van der Waals surface area (Å²) in [4.78, 5) is 0. The third-order valence-electron chi connectivity index (χ3n) is 4.45. The quantitative estimate of drug-likeness (QED) is 0.770. The predicted octanol–water partition coefficient (Wildman–Crippen LogP) is 2.54. The van der Waals surface area contributed by atoms with Gasteiger partial charge in [0.05, 0.1) is 0 Å². The van der Waals surface area contributed by atoms with Crippen molar-refractivity contribution < 1.29 is 0 Å². The monoisotopic (exact) mass is 224 g/mol. The molecule has 1 heterocycles. The maximum Gasteiger partial charge on any atom is 0.0193 e. The third kappa shape index (κ3) is 3.74. The molecule has 0 bridgehead atoms. The SMILES string of the molecule is CC1(C)CCC(CNC2CCCNC2)CC1. The Bertz CT molecular complexity index is 197. The van der Waals surface area contributed by atoms with Gasteiger partial charge in [-0.25, -0.2) is 0 Å². The minimum absolute atomic E-state index is 0.614. The smallest absolute Gasteiger partial charge is 0.0193 e. The van der Waals surface area contributed by atoms with Crippen molar-refractivity contribution in [3.05, 3.63) is 0 Å². The zero-order chi connectivity index (χ0) is 11.4. The van der Waals surface area contributed by atoms with E-state index in [4.69, 9.17) is 0 Å². The van der Waals surface area contributed by atoms with Crippen LogP contribution in [0.5, 0.6) is 0 Å². The first kappa shape index (κ1) is 12.4. The van der Waals surface area contributed by atoms with Gasteiger partial charge in [-0.05, 0) is 62.9 Å². The molecule has 0 amide bonds. The Hall–Kier alpha value is -0.0800. The number of rotatable bonds is 3. The van der Waals surface area contributed by atoms with Crippen molar-refractivity contribution in [2.24, 2.45) is 11.3 Å². The molecule has 1 aliphatic carbocycles. The minimum atomic E-state index is 0.614. The van der Waals surface area contributed by atoms with Crippen LogP contribution in [-0.4, -0.2) is 25.7 Å². The Kier molecular flexibility index (Phi) is 4.26. The lowest BCUT2D eigenvalue weighted by Crippen LogP contribution is -2.45. The second-order valence-electron chi connectivity index (χ2n) is 6.56. The van der Waals surface area contributed by atoms with Crippen LogP contribution < -0.4 is 10.6 Å². The normalized spacial score (nSPS) is 31.5. The molecule has 0 radical (unpaired) electrons. The number of nitrogens with one attached hydrogen (secondary N) is 2. The third-order valence-corrected chi connectivity index (χ3v) is 4.45. The second-order valence-corrected chi connectivity index (χ2v) is 6.56. The number of hydrogen-bond acceptors (Lipinski definition) is 2. The molecule has 1 saturated heterocycles. The highest BCUT2D eigenvalue weighted by Crippen LogP contribution is 2.37. The van der Waals surface area contributed by atoms with Crippen molar-refractivity contribution in [3.63, 3.8) is 0 Å². The van der Waals surface area contributed by atoms with Crippen molar-refractivity contribution in [2.45, 2.75) is 58.4 Å². The summed E-state index contributed by atoms with van der Waals surface area (Å²) in [5.74, 6) is 0.940. The van der Waals surface area contributed by atoms with E-state index in [0.29, 0.717) is 5.41 Å². The Balaban J connectivity index is 1.63. The fraction of sp³-hybridized carbons (Fsp3) is 1.00. The number of hydrogen-bond donors (Lipinski definition) is 2. The lowest BCUT2D eigenvalue weighted by Gasteiger charge is -2.35. The van der Waals surface area contributed by atoms with Crippen LogP contribution in [0.2, 0.25) is 0 Å². The molecule has 2 aliphatic rings. The van der Waals surface area contributed by atoms with Gasteiger partial charge in [0.25, 0.3) is 0 Å². The van der Waals surface area contributed by atoms with Gasteiger partial charge in [0.1, 0.15) is 0 Å². The van der Waals surface area contributed by atoms with Gasteiger partial charge in [-0.15, -0.1) is 0 Å². The summed E-state index contributed by atoms with van der Waals surface area (Å²) in [5.41, 5.74) is 0.614. The molecule has 2 nitrogen and oxygen atoms in total. The summed E-state index contributed by atoms with van der Waals surface area (Å²) >= 11 is 0. The van der Waals surface area contributed by atoms with E-state index in [1.807, 2.05) is 0 Å². The van der Waals surface area contributed by atoms with E-state index in [2.05, 4.69) is 24.5 Å². The lowest BCUT2D eigenvalue weighted by atomic mass is 9.73. The van der Waals surface area contributed by atoms with Crippen LogP contribution in [0.3, 0.4) is 0 Å². The predicted molar refractivity (Wildman–Crippen MR) is 69.6 cm³/mol. The zero-order valence-corrected chi connectivity index (χ0v) is 11.0. The summed E-state index contributed by atoms with van der Waals surface area (Å²) in [6.45, 7) is 8.49. The Morgan fingerprint density at radius 1 is 1.19 bits per heavy atom. The molecule has 1 atom stereocenters. The van der Waals surface area contributed by atoms with Crippen LogP contribution in [0, 0.1) is 11.3 Å². The molecule has 0 aromatic rings. The fourth-order valence-electron chi connectivity index (χ4n) is 3.02. The first-order valence-electron chi connectivity index (χ1n) is 7.10. The number of piperidine rings is 1. The van der Waals surface area contributed by atoms with Crippen LogP contribution in [-0.2, 0) is 0 Å². The van der Waals surface area contributed by atoms with Gasteiger partial charge in [-0.3, -0.25) is 0 Å². The van der Waals surface area contributed by atoms with Gasteiger partial charge in [0.15, 0.2) is 0 Å². The fourth-order valence-corrected chi connectivity index (χ4v) is 3.02. The molecule has 2 fully saturated rings. The van der Waals surface area contributed by atoms with E-state index in [0.717, 1.165) is 12.0 Å². The first-order chi connectivity index (χ1) is 7.66. The Morgan fingerprint density at radius 2 is 1.94 bits per heavy atom. The molecule has 1 aliphatic heterocycles. The molecule has 0 aromatic carbocycles. The van der Waals surface area contributed by atoms with Crippen molar-refractivity contribution in [3.8, 4) is 0 Å². The summed E-state index contributed by atoms with van der Waals surface area (Å²) in [5, 5.41) is 7.23. The van der Waals surface area contributed by atoms with Crippen LogP contribution in [0.25, 0.3) is 0 Å². The van der Waals surface area contributed by atoms with Gasteiger partial charge in [-0.1, -0.05) is 13.8 Å². The van der Waals surface area contributed by atoms with E-state index in [1.165, 1.54) is 58.2 Å². The van der Waals surface area contributed by atoms with Crippen LogP contribution in [0.4, 0.5) is 0 Å². The van der Waals surface area contributed by atoms with Gasteiger partial charge < -0.3 is 10.6 Å². The largest absolute Gasteiger partial charge is 0.315 e. The average Bonchev–Trinajstić information content (AvgIpc) is 2.29. The van der Waals surface area contributed by atoms with E-state index in [9.17, 15) is 0 Å². The molecule has 1 unspecified atom stereocenters. The van der Waals surface area contributed by atoms with Gasteiger partial charge in [-0.2, -0.15) is 0 Å². The van der Waals surface area contributed by atoms with E-state index in [1.54, 1.807) is 0 Å². The second kappa shape index (κ2) is 5.50. The van der Waals surface area contributed by atoms with Gasteiger partial charge in [0.2, 0.25) is 0 Å². The van der Waals surface area contributed by atoms with Crippen molar-refractivity contribution in [2.75, 3.05) is 19.6 Å². The zero-order valence-electron chi connectivity index (χ0n) is 11.0. The maximum absolute atomic E-state index is 3.76. The van der Waals surface area contributed by atoms with Crippen LogP contribution in [0.15, 0.2) is 0 Å². The summed E-state index contributed by atoms with van der Waals surface area (Å²) in [7, 11) is 0. The molecule has 2 N–H and O–H groups in total. The van der Waals surface area contributed by atoms with Crippen molar-refractivity contribution in [1.82, 2.24) is 10.6 Å². The van der Waals surface area contributed by atoms with E-state index in [-0.39, 0.29) is 0 Å².